The number of hydrazone groups is 1. The highest BCUT2D eigenvalue weighted by molar-refractivity contribution is 5.94. The van der Waals surface area contributed by atoms with Crippen LogP contribution < -0.4 is 10.2 Å². The minimum absolute atomic E-state index is 0.329. The first-order chi connectivity index (χ1) is 12.3. The van der Waals surface area contributed by atoms with Gasteiger partial charge in [-0.3, -0.25) is 14.9 Å². The number of benzene rings is 1. The SMILES string of the molecule is CCOc1ccc(-c2cc(C(=O)N/N=C/c3ccncc3)[nH]n2)cc1. The Morgan fingerprint density at radius 3 is 2.72 bits per heavy atom. The average Bonchev–Trinajstić information content (AvgIpc) is 3.14. The van der Waals surface area contributed by atoms with Gasteiger partial charge in [-0.2, -0.15) is 10.2 Å². The Kier molecular flexibility index (Phi) is 5.16. The van der Waals surface area contributed by atoms with Gasteiger partial charge in [-0.05, 0) is 55.0 Å². The lowest BCUT2D eigenvalue weighted by Gasteiger charge is -2.02. The van der Waals surface area contributed by atoms with Gasteiger partial charge in [-0.15, -0.1) is 0 Å². The van der Waals surface area contributed by atoms with Gasteiger partial charge in [0.05, 0.1) is 18.5 Å². The molecule has 2 heterocycles. The molecule has 0 saturated heterocycles. The molecule has 0 aliphatic carbocycles. The first-order valence-corrected chi connectivity index (χ1v) is 7.78. The minimum Gasteiger partial charge on any atom is -0.494 e. The van der Waals surface area contributed by atoms with Crippen molar-refractivity contribution < 1.29 is 9.53 Å². The van der Waals surface area contributed by atoms with Crippen LogP contribution in [0.25, 0.3) is 11.3 Å². The zero-order chi connectivity index (χ0) is 17.5. The summed E-state index contributed by atoms with van der Waals surface area (Å²) in [6.07, 6.45) is 4.85. The van der Waals surface area contributed by atoms with Gasteiger partial charge in [-0.25, -0.2) is 5.43 Å². The van der Waals surface area contributed by atoms with Gasteiger partial charge in [0.25, 0.3) is 5.91 Å². The molecule has 3 aromatic rings. The number of rotatable bonds is 6. The van der Waals surface area contributed by atoms with Crippen LogP contribution in [0.1, 0.15) is 23.0 Å². The number of carbonyl (C=O) groups is 1. The normalized spacial score (nSPS) is 10.8. The third-order valence-corrected chi connectivity index (χ3v) is 3.37. The number of amides is 1. The van der Waals surface area contributed by atoms with Crippen LogP contribution >= 0.6 is 0 Å². The number of nitrogens with one attached hydrogen (secondary N) is 2. The molecule has 1 amide bonds. The molecule has 3 rings (SSSR count). The van der Waals surface area contributed by atoms with E-state index in [1.165, 1.54) is 0 Å². The van der Waals surface area contributed by atoms with Crippen molar-refractivity contribution in [2.24, 2.45) is 5.10 Å². The Bertz CT molecular complexity index is 857. The number of aromatic amines is 1. The molecule has 0 aliphatic rings. The van der Waals surface area contributed by atoms with E-state index in [1.807, 2.05) is 31.2 Å². The summed E-state index contributed by atoms with van der Waals surface area (Å²) < 4.78 is 5.41. The zero-order valence-corrected chi connectivity index (χ0v) is 13.6. The molecule has 126 valence electrons. The van der Waals surface area contributed by atoms with E-state index < -0.39 is 0 Å². The second-order valence-electron chi connectivity index (χ2n) is 5.10. The summed E-state index contributed by atoms with van der Waals surface area (Å²) in [6, 6.07) is 12.8. The highest BCUT2D eigenvalue weighted by Crippen LogP contribution is 2.21. The lowest BCUT2D eigenvalue weighted by atomic mass is 10.1. The van der Waals surface area contributed by atoms with Gasteiger partial charge in [0, 0.05) is 18.0 Å². The number of hydrogen-bond acceptors (Lipinski definition) is 5. The van der Waals surface area contributed by atoms with Crippen molar-refractivity contribution in [2.45, 2.75) is 6.92 Å². The van der Waals surface area contributed by atoms with Crippen molar-refractivity contribution in [3.63, 3.8) is 0 Å². The summed E-state index contributed by atoms with van der Waals surface area (Å²) >= 11 is 0. The maximum absolute atomic E-state index is 12.1. The number of carbonyl (C=O) groups excluding carboxylic acids is 1. The van der Waals surface area contributed by atoms with Crippen LogP contribution in [0.15, 0.2) is 60.0 Å². The second-order valence-corrected chi connectivity index (χ2v) is 5.10. The number of H-pyrrole nitrogens is 1. The lowest BCUT2D eigenvalue weighted by molar-refractivity contribution is 0.0950. The third-order valence-electron chi connectivity index (χ3n) is 3.37. The van der Waals surface area contributed by atoms with Gasteiger partial charge in [0.1, 0.15) is 11.4 Å². The smallest absolute Gasteiger partial charge is 0.289 e. The molecule has 0 radical (unpaired) electrons. The van der Waals surface area contributed by atoms with E-state index in [9.17, 15) is 4.79 Å². The van der Waals surface area contributed by atoms with E-state index in [-0.39, 0.29) is 5.91 Å². The van der Waals surface area contributed by atoms with Crippen LogP contribution in [0.5, 0.6) is 5.75 Å². The molecule has 25 heavy (non-hydrogen) atoms. The van der Waals surface area contributed by atoms with Crippen molar-refractivity contribution in [3.05, 3.63) is 66.1 Å². The average molecular weight is 335 g/mol. The van der Waals surface area contributed by atoms with Crippen molar-refractivity contribution in [3.8, 4) is 17.0 Å². The van der Waals surface area contributed by atoms with Crippen LogP contribution in [-0.4, -0.2) is 33.9 Å². The summed E-state index contributed by atoms with van der Waals surface area (Å²) in [6.45, 7) is 2.55. The molecule has 0 bridgehead atoms. The predicted molar refractivity (Wildman–Crippen MR) is 94.5 cm³/mol. The van der Waals surface area contributed by atoms with Gasteiger partial charge in [0.15, 0.2) is 0 Å². The maximum Gasteiger partial charge on any atom is 0.289 e. The summed E-state index contributed by atoms with van der Waals surface area (Å²) in [4.78, 5) is 16.0. The number of aromatic nitrogens is 3. The zero-order valence-electron chi connectivity index (χ0n) is 13.6. The van der Waals surface area contributed by atoms with Gasteiger partial charge < -0.3 is 4.74 Å². The lowest BCUT2D eigenvalue weighted by Crippen LogP contribution is -2.17. The Hall–Kier alpha value is -3.48. The molecule has 0 aliphatic heterocycles. The topological polar surface area (TPSA) is 92.3 Å². The highest BCUT2D eigenvalue weighted by Gasteiger charge is 2.10. The van der Waals surface area contributed by atoms with Gasteiger partial charge in [0.2, 0.25) is 0 Å². The van der Waals surface area contributed by atoms with Crippen LogP contribution in [0.3, 0.4) is 0 Å². The molecule has 1 aromatic carbocycles. The highest BCUT2D eigenvalue weighted by atomic mass is 16.5. The maximum atomic E-state index is 12.1. The van der Waals surface area contributed by atoms with Crippen LogP contribution in [-0.2, 0) is 0 Å². The van der Waals surface area contributed by atoms with Crippen molar-refractivity contribution >= 4 is 12.1 Å². The van der Waals surface area contributed by atoms with E-state index >= 15 is 0 Å². The van der Waals surface area contributed by atoms with Gasteiger partial charge >= 0.3 is 0 Å². The Morgan fingerprint density at radius 1 is 1.24 bits per heavy atom. The predicted octanol–water partition coefficient (Wildman–Crippen LogP) is 2.63. The molecular formula is C18H17N5O2. The molecule has 0 saturated carbocycles. The van der Waals surface area contributed by atoms with Crippen molar-refractivity contribution in [1.82, 2.24) is 20.6 Å². The quantitative estimate of drug-likeness (QED) is 0.535. The minimum atomic E-state index is -0.366. The van der Waals surface area contributed by atoms with Crippen LogP contribution in [0, 0.1) is 0 Å². The Labute approximate surface area is 144 Å². The molecule has 0 spiro atoms. The van der Waals surface area contributed by atoms with Gasteiger partial charge in [-0.1, -0.05) is 0 Å². The van der Waals surface area contributed by atoms with E-state index in [2.05, 4.69) is 25.7 Å². The third kappa shape index (κ3) is 4.29. The largest absolute Gasteiger partial charge is 0.494 e. The Morgan fingerprint density at radius 2 is 2.00 bits per heavy atom. The molecule has 2 N–H and O–H groups in total. The summed E-state index contributed by atoms with van der Waals surface area (Å²) in [5.41, 5.74) is 5.19. The number of nitrogens with zero attached hydrogens (tertiary/aromatic N) is 3. The summed E-state index contributed by atoms with van der Waals surface area (Å²) in [5, 5.41) is 10.8. The van der Waals surface area contributed by atoms with Crippen molar-refractivity contribution in [2.75, 3.05) is 6.61 Å². The van der Waals surface area contributed by atoms with E-state index in [1.54, 1.807) is 36.8 Å². The number of hydrogen-bond donors (Lipinski definition) is 2. The number of ether oxygens (including phenoxy) is 1. The summed E-state index contributed by atoms with van der Waals surface area (Å²) in [7, 11) is 0. The molecule has 7 nitrogen and oxygen atoms in total. The van der Waals surface area contributed by atoms with E-state index in [0.29, 0.717) is 18.0 Å². The van der Waals surface area contributed by atoms with Crippen LogP contribution in [0.2, 0.25) is 0 Å². The standard InChI is InChI=1S/C18H17N5O2/c1-2-25-15-5-3-14(4-6-15)16-11-17(22-21-16)18(24)23-20-12-13-7-9-19-10-8-13/h3-12H,2H2,1H3,(H,21,22)(H,23,24)/b20-12+. The molecule has 0 unspecified atom stereocenters. The molecular weight excluding hydrogens is 318 g/mol. The number of pyridine rings is 1. The van der Waals surface area contributed by atoms with E-state index in [0.717, 1.165) is 16.9 Å². The first kappa shape index (κ1) is 16.4. The van der Waals surface area contributed by atoms with E-state index in [4.69, 9.17) is 4.74 Å². The molecule has 7 heteroatoms. The fourth-order valence-electron chi connectivity index (χ4n) is 2.15. The Balaban J connectivity index is 1.64. The monoisotopic (exact) mass is 335 g/mol. The molecule has 0 atom stereocenters. The molecule has 2 aromatic heterocycles. The molecule has 0 fully saturated rings. The summed E-state index contributed by atoms with van der Waals surface area (Å²) in [5.74, 6) is 0.431. The van der Waals surface area contributed by atoms with Crippen molar-refractivity contribution in [1.29, 1.82) is 0 Å². The van der Waals surface area contributed by atoms with Crippen LogP contribution in [0.4, 0.5) is 0 Å². The first-order valence-electron chi connectivity index (χ1n) is 7.78. The second kappa shape index (κ2) is 7.87. The fourth-order valence-corrected chi connectivity index (χ4v) is 2.15. The fraction of sp³-hybridized carbons (Fsp3) is 0.111.